The lowest BCUT2D eigenvalue weighted by molar-refractivity contribution is 0.621. The number of thiocarbonyl (C=S) groups is 1. The minimum atomic E-state index is 0.502. The summed E-state index contributed by atoms with van der Waals surface area (Å²) in [5.41, 5.74) is 7.20. The number of benzene rings is 1. The summed E-state index contributed by atoms with van der Waals surface area (Å²) in [5.74, 6) is 0.528. The number of nitrogens with one attached hydrogen (secondary N) is 3. The highest BCUT2D eigenvalue weighted by Gasteiger charge is 1.96. The lowest BCUT2D eigenvalue weighted by Gasteiger charge is -2.09. The summed E-state index contributed by atoms with van der Waals surface area (Å²) in [6.07, 6.45) is 1.60. The molecule has 0 amide bonds. The normalized spacial score (nSPS) is 11.8. The molecule has 0 saturated heterocycles. The van der Waals surface area contributed by atoms with Gasteiger partial charge in [0.05, 0.1) is 17.6 Å². The van der Waals surface area contributed by atoms with Gasteiger partial charge in [-0.1, -0.05) is 25.4 Å². The van der Waals surface area contributed by atoms with Crippen LogP contribution in [0.3, 0.4) is 0 Å². The maximum atomic E-state index is 5.80. The molecular weight excluding hydrogens is 306 g/mol. The van der Waals surface area contributed by atoms with Gasteiger partial charge in [-0.3, -0.25) is 10.9 Å². The quantitative estimate of drug-likeness (QED) is 0.427. The highest BCUT2D eigenvalue weighted by atomic mass is 35.5. The summed E-state index contributed by atoms with van der Waals surface area (Å²) >= 11 is 10.9. The van der Waals surface area contributed by atoms with Crippen molar-refractivity contribution in [2.45, 2.75) is 20.8 Å². The van der Waals surface area contributed by atoms with Crippen LogP contribution in [0.1, 0.15) is 20.8 Å². The smallest absolute Gasteiger partial charge is 0.186 e. The highest BCUT2D eigenvalue weighted by Crippen LogP contribution is 2.12. The first-order chi connectivity index (χ1) is 9.97. The third-order valence-corrected chi connectivity index (χ3v) is 2.78. The Balaban J connectivity index is 2.36. The van der Waals surface area contributed by atoms with Gasteiger partial charge >= 0.3 is 0 Å². The molecule has 21 heavy (non-hydrogen) atoms. The maximum Gasteiger partial charge on any atom is 0.186 e. The maximum absolute atomic E-state index is 5.80. The number of nitrogens with zero attached hydrogens (tertiary/aromatic N) is 2. The molecule has 1 aromatic rings. The fourth-order valence-corrected chi connectivity index (χ4v) is 1.48. The Bertz CT molecular complexity index is 511. The Kier molecular flexibility index (Phi) is 7.71. The molecule has 7 heteroatoms. The summed E-state index contributed by atoms with van der Waals surface area (Å²) in [4.78, 5) is 0. The molecule has 0 aliphatic heterocycles. The van der Waals surface area contributed by atoms with Crippen molar-refractivity contribution in [3.63, 3.8) is 0 Å². The van der Waals surface area contributed by atoms with Gasteiger partial charge in [-0.15, -0.1) is 0 Å². The molecule has 0 atom stereocenters. The molecule has 0 aliphatic rings. The van der Waals surface area contributed by atoms with E-state index in [1.165, 1.54) is 0 Å². The van der Waals surface area contributed by atoms with Crippen molar-refractivity contribution in [1.82, 2.24) is 10.7 Å². The van der Waals surface area contributed by atoms with Crippen molar-refractivity contribution < 1.29 is 0 Å². The van der Waals surface area contributed by atoms with Crippen molar-refractivity contribution in [2.24, 2.45) is 16.1 Å². The Morgan fingerprint density at radius 3 is 2.62 bits per heavy atom. The number of hydrazone groups is 2. The van der Waals surface area contributed by atoms with E-state index in [9.17, 15) is 0 Å². The van der Waals surface area contributed by atoms with Crippen molar-refractivity contribution in [1.29, 1.82) is 0 Å². The lowest BCUT2D eigenvalue weighted by atomic mass is 10.2. The molecule has 0 spiro atoms. The van der Waals surface area contributed by atoms with Gasteiger partial charge in [0, 0.05) is 11.6 Å². The van der Waals surface area contributed by atoms with Gasteiger partial charge in [0.25, 0.3) is 0 Å². The topological polar surface area (TPSA) is 60.8 Å². The first kappa shape index (κ1) is 17.4. The Hall–Kier alpha value is -1.66. The standard InChI is InChI=1S/C14H20ClN5S/c1-10(2)8-16-14(21)20-18-11(3)9-17-19-13-6-4-12(15)5-7-13/h4-7,9-10,19H,8H2,1-3H3,(H2,16,20,21). The van der Waals surface area contributed by atoms with Gasteiger partial charge < -0.3 is 5.32 Å². The number of halogens is 1. The van der Waals surface area contributed by atoms with E-state index in [0.29, 0.717) is 21.8 Å². The Morgan fingerprint density at radius 1 is 1.33 bits per heavy atom. The van der Waals surface area contributed by atoms with Crippen LogP contribution in [0.5, 0.6) is 0 Å². The van der Waals surface area contributed by atoms with Gasteiger partial charge in [-0.05, 0) is 49.3 Å². The third-order valence-electron chi connectivity index (χ3n) is 2.29. The van der Waals surface area contributed by atoms with E-state index in [2.05, 4.69) is 40.2 Å². The third kappa shape index (κ3) is 8.27. The number of rotatable bonds is 6. The zero-order valence-electron chi connectivity index (χ0n) is 12.4. The molecule has 0 aromatic heterocycles. The fourth-order valence-electron chi connectivity index (χ4n) is 1.23. The fraction of sp³-hybridized carbons (Fsp3) is 0.357. The zero-order valence-corrected chi connectivity index (χ0v) is 13.9. The predicted octanol–water partition coefficient (Wildman–Crippen LogP) is 3.23. The first-order valence-electron chi connectivity index (χ1n) is 6.60. The van der Waals surface area contributed by atoms with Crippen molar-refractivity contribution in [3.05, 3.63) is 29.3 Å². The largest absolute Gasteiger partial charge is 0.361 e. The predicted molar refractivity (Wildman–Crippen MR) is 95.3 cm³/mol. The second-order valence-electron chi connectivity index (χ2n) is 4.85. The Morgan fingerprint density at radius 2 is 2.00 bits per heavy atom. The van der Waals surface area contributed by atoms with E-state index in [0.717, 1.165) is 12.2 Å². The highest BCUT2D eigenvalue weighted by molar-refractivity contribution is 7.80. The second-order valence-corrected chi connectivity index (χ2v) is 5.69. The molecular formula is C14H20ClN5S. The SMILES string of the molecule is CC(C=NNc1ccc(Cl)cc1)=NNC(=S)NCC(C)C. The minimum absolute atomic E-state index is 0.502. The summed E-state index contributed by atoms with van der Waals surface area (Å²) in [6.45, 7) is 6.86. The lowest BCUT2D eigenvalue weighted by Crippen LogP contribution is -2.34. The summed E-state index contributed by atoms with van der Waals surface area (Å²) in [5, 5.41) is 12.4. The molecule has 114 valence electrons. The van der Waals surface area contributed by atoms with Gasteiger partial charge in [0.2, 0.25) is 0 Å². The van der Waals surface area contributed by atoms with Crippen LogP contribution in [0.15, 0.2) is 34.5 Å². The van der Waals surface area contributed by atoms with Crippen LogP contribution in [0.2, 0.25) is 5.02 Å². The van der Waals surface area contributed by atoms with E-state index >= 15 is 0 Å². The summed E-state index contributed by atoms with van der Waals surface area (Å²) < 4.78 is 0. The van der Waals surface area contributed by atoms with Crippen LogP contribution in [-0.4, -0.2) is 23.6 Å². The molecule has 0 bridgehead atoms. The van der Waals surface area contributed by atoms with Crippen LogP contribution in [0.25, 0.3) is 0 Å². The molecule has 1 rings (SSSR count). The van der Waals surface area contributed by atoms with E-state index in [4.69, 9.17) is 23.8 Å². The van der Waals surface area contributed by atoms with Gasteiger partial charge in [0.1, 0.15) is 0 Å². The molecule has 0 aliphatic carbocycles. The van der Waals surface area contributed by atoms with Gasteiger partial charge in [0.15, 0.2) is 5.11 Å². The van der Waals surface area contributed by atoms with E-state index in [-0.39, 0.29) is 0 Å². The monoisotopic (exact) mass is 325 g/mol. The molecule has 3 N–H and O–H groups in total. The van der Waals surface area contributed by atoms with E-state index < -0.39 is 0 Å². The first-order valence-corrected chi connectivity index (χ1v) is 7.38. The second kappa shape index (κ2) is 9.31. The van der Waals surface area contributed by atoms with Crippen LogP contribution in [0.4, 0.5) is 5.69 Å². The average Bonchev–Trinajstić information content (AvgIpc) is 2.45. The number of hydrogen-bond donors (Lipinski definition) is 3. The summed E-state index contributed by atoms with van der Waals surface area (Å²) in [7, 11) is 0. The van der Waals surface area contributed by atoms with Crippen molar-refractivity contribution in [3.8, 4) is 0 Å². The number of anilines is 1. The van der Waals surface area contributed by atoms with Crippen LogP contribution in [-0.2, 0) is 0 Å². The zero-order chi connectivity index (χ0) is 15.7. The minimum Gasteiger partial charge on any atom is -0.361 e. The molecule has 0 fully saturated rings. The molecule has 0 radical (unpaired) electrons. The van der Waals surface area contributed by atoms with Gasteiger partial charge in [-0.25, -0.2) is 0 Å². The molecule has 0 heterocycles. The van der Waals surface area contributed by atoms with Crippen LogP contribution >= 0.6 is 23.8 Å². The van der Waals surface area contributed by atoms with Crippen LogP contribution < -0.4 is 16.2 Å². The molecule has 5 nitrogen and oxygen atoms in total. The van der Waals surface area contributed by atoms with Gasteiger partial charge in [-0.2, -0.15) is 10.2 Å². The Labute approximate surface area is 135 Å². The molecule has 0 unspecified atom stereocenters. The van der Waals surface area contributed by atoms with E-state index in [1.54, 1.807) is 18.3 Å². The molecule has 1 aromatic carbocycles. The van der Waals surface area contributed by atoms with Crippen molar-refractivity contribution >= 4 is 46.5 Å². The van der Waals surface area contributed by atoms with Crippen LogP contribution in [0, 0.1) is 5.92 Å². The van der Waals surface area contributed by atoms with Crippen molar-refractivity contribution in [2.75, 3.05) is 12.0 Å². The average molecular weight is 326 g/mol. The van der Waals surface area contributed by atoms with E-state index in [1.807, 2.05) is 19.1 Å². The molecule has 0 saturated carbocycles. The summed E-state index contributed by atoms with van der Waals surface area (Å²) in [6, 6.07) is 7.27. The number of hydrogen-bond acceptors (Lipinski definition) is 4.